The lowest BCUT2D eigenvalue weighted by Gasteiger charge is -2.34. The zero-order chi connectivity index (χ0) is 11.7. The van der Waals surface area contributed by atoms with Crippen LogP contribution in [0.5, 0.6) is 0 Å². The molecule has 0 spiro atoms. The van der Waals surface area contributed by atoms with Crippen molar-refractivity contribution in [3.05, 3.63) is 30.5 Å². The molecule has 17 heavy (non-hydrogen) atoms. The molecule has 0 bridgehead atoms. The van der Waals surface area contributed by atoms with E-state index in [4.69, 9.17) is 4.74 Å². The maximum Gasteiger partial charge on any atom is 0.156 e. The van der Waals surface area contributed by atoms with Crippen molar-refractivity contribution in [2.45, 2.75) is 25.0 Å². The van der Waals surface area contributed by atoms with Crippen LogP contribution < -0.4 is 5.32 Å². The Bertz CT molecular complexity index is 518. The molecule has 1 fully saturated rings. The summed E-state index contributed by atoms with van der Waals surface area (Å²) >= 11 is 0. The van der Waals surface area contributed by atoms with E-state index in [1.165, 1.54) is 0 Å². The molecule has 1 aliphatic carbocycles. The van der Waals surface area contributed by atoms with Crippen LogP contribution in [0.25, 0.3) is 10.8 Å². The third-order valence-electron chi connectivity index (χ3n) is 3.34. The second-order valence-electron chi connectivity index (χ2n) is 4.45. The van der Waals surface area contributed by atoms with E-state index in [1.807, 2.05) is 18.2 Å². The number of rotatable bonds is 3. The predicted octanol–water partition coefficient (Wildman–Crippen LogP) is 2.22. The summed E-state index contributed by atoms with van der Waals surface area (Å²) in [5.74, 6) is 0.877. The molecule has 1 N–H and O–H groups in total. The summed E-state index contributed by atoms with van der Waals surface area (Å²) in [7, 11) is 1.76. The van der Waals surface area contributed by atoms with Gasteiger partial charge in [0.15, 0.2) is 5.82 Å². The molecule has 4 nitrogen and oxygen atoms in total. The van der Waals surface area contributed by atoms with Gasteiger partial charge in [-0.1, -0.05) is 24.3 Å². The number of fused-ring (bicyclic) bond motifs is 1. The Balaban J connectivity index is 1.81. The topological polar surface area (TPSA) is 47.0 Å². The Morgan fingerprint density at radius 3 is 2.94 bits per heavy atom. The number of nitrogens with one attached hydrogen (secondary N) is 1. The highest BCUT2D eigenvalue weighted by Crippen LogP contribution is 2.28. The highest BCUT2D eigenvalue weighted by atomic mass is 16.5. The van der Waals surface area contributed by atoms with Gasteiger partial charge in [-0.15, -0.1) is 5.10 Å². The van der Waals surface area contributed by atoms with Gasteiger partial charge in [0.05, 0.1) is 12.3 Å². The number of ether oxygens (including phenoxy) is 1. The van der Waals surface area contributed by atoms with E-state index in [2.05, 4.69) is 21.6 Å². The Labute approximate surface area is 100 Å². The predicted molar refractivity (Wildman–Crippen MR) is 67.0 cm³/mol. The van der Waals surface area contributed by atoms with Crippen LogP contribution in [0, 0.1) is 0 Å². The molecule has 0 atom stereocenters. The smallest absolute Gasteiger partial charge is 0.156 e. The fourth-order valence-corrected chi connectivity index (χ4v) is 2.20. The van der Waals surface area contributed by atoms with Gasteiger partial charge < -0.3 is 10.1 Å². The van der Waals surface area contributed by atoms with Crippen LogP contribution in [0.1, 0.15) is 12.8 Å². The molecule has 1 aromatic carbocycles. The van der Waals surface area contributed by atoms with E-state index >= 15 is 0 Å². The molecule has 3 rings (SSSR count). The van der Waals surface area contributed by atoms with Crippen molar-refractivity contribution in [3.63, 3.8) is 0 Å². The van der Waals surface area contributed by atoms with Gasteiger partial charge in [0, 0.05) is 23.9 Å². The number of anilines is 1. The first-order chi connectivity index (χ1) is 8.36. The summed E-state index contributed by atoms with van der Waals surface area (Å²) in [5.41, 5.74) is 0. The highest BCUT2D eigenvalue weighted by molar-refractivity contribution is 5.90. The molecule has 88 valence electrons. The van der Waals surface area contributed by atoms with Crippen molar-refractivity contribution in [2.24, 2.45) is 0 Å². The van der Waals surface area contributed by atoms with E-state index < -0.39 is 0 Å². The number of aromatic nitrogens is 2. The van der Waals surface area contributed by atoms with Gasteiger partial charge in [-0.05, 0) is 12.8 Å². The Hall–Kier alpha value is -1.68. The summed E-state index contributed by atoms with van der Waals surface area (Å²) in [4.78, 5) is 0. The maximum atomic E-state index is 5.27. The minimum atomic E-state index is 0.399. The summed E-state index contributed by atoms with van der Waals surface area (Å²) < 4.78 is 5.27. The SMILES string of the molecule is COC1CC(Nc2nncc3ccccc23)C1. The zero-order valence-electron chi connectivity index (χ0n) is 9.76. The average molecular weight is 229 g/mol. The largest absolute Gasteiger partial charge is 0.381 e. The van der Waals surface area contributed by atoms with Crippen molar-refractivity contribution in [1.82, 2.24) is 10.2 Å². The van der Waals surface area contributed by atoms with E-state index in [0.717, 1.165) is 29.4 Å². The van der Waals surface area contributed by atoms with Crippen molar-refractivity contribution in [1.29, 1.82) is 0 Å². The fourth-order valence-electron chi connectivity index (χ4n) is 2.20. The molecule has 1 heterocycles. The van der Waals surface area contributed by atoms with Gasteiger partial charge in [-0.3, -0.25) is 0 Å². The average Bonchev–Trinajstić information content (AvgIpc) is 2.33. The van der Waals surface area contributed by atoms with Gasteiger partial charge in [-0.2, -0.15) is 5.10 Å². The van der Waals surface area contributed by atoms with Crippen molar-refractivity contribution >= 4 is 16.6 Å². The van der Waals surface area contributed by atoms with Crippen LogP contribution in [0.15, 0.2) is 30.5 Å². The lowest BCUT2D eigenvalue weighted by atomic mass is 9.89. The van der Waals surface area contributed by atoms with Crippen LogP contribution in [-0.4, -0.2) is 29.5 Å². The van der Waals surface area contributed by atoms with Crippen LogP contribution in [0.2, 0.25) is 0 Å². The van der Waals surface area contributed by atoms with Gasteiger partial charge in [0.25, 0.3) is 0 Å². The van der Waals surface area contributed by atoms with Crippen LogP contribution >= 0.6 is 0 Å². The normalized spacial score (nSPS) is 23.4. The maximum absolute atomic E-state index is 5.27. The van der Waals surface area contributed by atoms with Gasteiger partial charge in [0.1, 0.15) is 0 Å². The van der Waals surface area contributed by atoms with Gasteiger partial charge in [-0.25, -0.2) is 0 Å². The summed E-state index contributed by atoms with van der Waals surface area (Å²) in [6.07, 6.45) is 4.28. The Morgan fingerprint density at radius 1 is 1.29 bits per heavy atom. The van der Waals surface area contributed by atoms with Crippen molar-refractivity contribution < 1.29 is 4.74 Å². The Morgan fingerprint density at radius 2 is 2.12 bits per heavy atom. The molecule has 0 radical (unpaired) electrons. The van der Waals surface area contributed by atoms with E-state index in [0.29, 0.717) is 12.1 Å². The minimum absolute atomic E-state index is 0.399. The number of nitrogens with zero attached hydrogens (tertiary/aromatic N) is 2. The van der Waals surface area contributed by atoms with Crippen molar-refractivity contribution in [3.8, 4) is 0 Å². The van der Waals surface area contributed by atoms with Crippen molar-refractivity contribution in [2.75, 3.05) is 12.4 Å². The third kappa shape index (κ3) is 1.96. The second kappa shape index (κ2) is 4.30. The first kappa shape index (κ1) is 10.5. The lowest BCUT2D eigenvalue weighted by Crippen LogP contribution is -2.40. The number of hydrogen-bond donors (Lipinski definition) is 1. The van der Waals surface area contributed by atoms with Gasteiger partial charge >= 0.3 is 0 Å². The molecule has 1 saturated carbocycles. The summed E-state index contributed by atoms with van der Waals surface area (Å²) in [6.45, 7) is 0. The van der Waals surface area contributed by atoms with E-state index in [9.17, 15) is 0 Å². The standard InChI is InChI=1S/C13H15N3O/c1-17-11-6-10(7-11)15-13-12-5-3-2-4-9(12)8-14-16-13/h2-5,8,10-11H,6-7H2,1H3,(H,15,16). The second-order valence-corrected chi connectivity index (χ2v) is 4.45. The first-order valence-electron chi connectivity index (χ1n) is 5.86. The molecule has 0 saturated heterocycles. The van der Waals surface area contributed by atoms with Gasteiger partial charge in [0.2, 0.25) is 0 Å². The zero-order valence-corrected chi connectivity index (χ0v) is 9.76. The molecule has 2 aromatic rings. The molecule has 0 aliphatic heterocycles. The lowest BCUT2D eigenvalue weighted by molar-refractivity contribution is 0.0328. The monoisotopic (exact) mass is 229 g/mol. The molecular formula is C13H15N3O. The Kier molecular flexibility index (Phi) is 2.65. The molecule has 1 aromatic heterocycles. The van der Waals surface area contributed by atoms with Crippen LogP contribution in [-0.2, 0) is 4.74 Å². The van der Waals surface area contributed by atoms with E-state index in [1.54, 1.807) is 13.3 Å². The van der Waals surface area contributed by atoms with E-state index in [-0.39, 0.29) is 0 Å². The molecule has 1 aliphatic rings. The molecule has 0 amide bonds. The number of hydrogen-bond acceptors (Lipinski definition) is 4. The quantitative estimate of drug-likeness (QED) is 0.876. The fraction of sp³-hybridized carbons (Fsp3) is 0.385. The summed E-state index contributed by atoms with van der Waals surface area (Å²) in [6, 6.07) is 8.61. The molecule has 4 heteroatoms. The number of benzene rings is 1. The summed E-state index contributed by atoms with van der Waals surface area (Å²) in [5, 5.41) is 13.9. The van der Waals surface area contributed by atoms with Crippen LogP contribution in [0.3, 0.4) is 0 Å². The van der Waals surface area contributed by atoms with Crippen LogP contribution in [0.4, 0.5) is 5.82 Å². The minimum Gasteiger partial charge on any atom is -0.381 e. The highest BCUT2D eigenvalue weighted by Gasteiger charge is 2.29. The molecular weight excluding hydrogens is 214 g/mol. The third-order valence-corrected chi connectivity index (χ3v) is 3.34. The first-order valence-corrected chi connectivity index (χ1v) is 5.86. The number of methoxy groups -OCH3 is 1. The molecule has 0 unspecified atom stereocenters.